The summed E-state index contributed by atoms with van der Waals surface area (Å²) in [5, 5.41) is 3.60. The lowest BCUT2D eigenvalue weighted by atomic mass is 9.97. The third-order valence-electron chi connectivity index (χ3n) is 5.15. The van der Waals surface area contributed by atoms with Gasteiger partial charge >= 0.3 is 0 Å². The molecule has 0 aliphatic carbocycles. The van der Waals surface area contributed by atoms with E-state index in [4.69, 9.17) is 15.2 Å². The van der Waals surface area contributed by atoms with Crippen LogP contribution in [0.25, 0.3) is 11.3 Å². The van der Waals surface area contributed by atoms with E-state index in [1.54, 1.807) is 13.2 Å². The van der Waals surface area contributed by atoms with Gasteiger partial charge in [0.1, 0.15) is 5.82 Å². The minimum Gasteiger partial charge on any atom is -0.493 e. The van der Waals surface area contributed by atoms with Crippen molar-refractivity contribution in [2.75, 3.05) is 40.1 Å². The van der Waals surface area contributed by atoms with Crippen molar-refractivity contribution in [1.82, 2.24) is 15.2 Å². The number of hydrogen-bond donors (Lipinski definition) is 2. The van der Waals surface area contributed by atoms with Crippen molar-refractivity contribution in [3.05, 3.63) is 36.4 Å². The van der Waals surface area contributed by atoms with Crippen molar-refractivity contribution in [3.63, 3.8) is 0 Å². The maximum Gasteiger partial charge on any atom is 0.161 e. The lowest BCUT2D eigenvalue weighted by Gasteiger charge is -2.34. The lowest BCUT2D eigenvalue weighted by Crippen LogP contribution is -2.46. The lowest BCUT2D eigenvalue weighted by molar-refractivity contribution is 0.185. The molecular formula is C21H30N4O2. The highest BCUT2D eigenvalue weighted by Crippen LogP contribution is 2.32. The van der Waals surface area contributed by atoms with Gasteiger partial charge in [0.05, 0.1) is 19.4 Å². The van der Waals surface area contributed by atoms with E-state index >= 15 is 0 Å². The molecule has 0 saturated carbocycles. The van der Waals surface area contributed by atoms with Gasteiger partial charge in [-0.3, -0.25) is 0 Å². The van der Waals surface area contributed by atoms with Crippen LogP contribution in [-0.4, -0.2) is 56.3 Å². The molecule has 1 fully saturated rings. The number of ether oxygens (including phenoxy) is 2. The molecule has 2 heterocycles. The van der Waals surface area contributed by atoms with Gasteiger partial charge in [-0.2, -0.15) is 0 Å². The molecule has 1 aliphatic heterocycles. The van der Waals surface area contributed by atoms with Crippen LogP contribution in [0.3, 0.4) is 0 Å². The fourth-order valence-electron chi connectivity index (χ4n) is 3.54. The van der Waals surface area contributed by atoms with Gasteiger partial charge in [0, 0.05) is 17.6 Å². The third-order valence-corrected chi connectivity index (χ3v) is 5.15. The van der Waals surface area contributed by atoms with E-state index in [2.05, 4.69) is 29.3 Å². The Labute approximate surface area is 161 Å². The van der Waals surface area contributed by atoms with Crippen LogP contribution >= 0.6 is 0 Å². The molecule has 2 aromatic rings. The van der Waals surface area contributed by atoms with Crippen LogP contribution in [0.5, 0.6) is 11.5 Å². The van der Waals surface area contributed by atoms with Gasteiger partial charge in [-0.05, 0) is 70.2 Å². The molecule has 6 heteroatoms. The second-order valence-electron chi connectivity index (χ2n) is 7.24. The molecule has 0 radical (unpaired) electrons. The molecule has 1 aromatic heterocycles. The fourth-order valence-corrected chi connectivity index (χ4v) is 3.54. The standard InChI is InChI=1S/C21H30N4O2/c1-25(2)17-9-11-23-16(14-17)10-12-27-19-8-7-15(13-20(19)26-3)18-5-4-6-21(22)24-18/h4-8,13,16-17,23H,9-12,14H2,1-3H3,(H2,22,24). The van der Waals surface area contributed by atoms with Gasteiger partial charge in [0.2, 0.25) is 0 Å². The summed E-state index contributed by atoms with van der Waals surface area (Å²) in [4.78, 5) is 6.68. The maximum atomic E-state index is 6.02. The van der Waals surface area contributed by atoms with Crippen molar-refractivity contribution in [1.29, 1.82) is 0 Å². The van der Waals surface area contributed by atoms with E-state index in [1.165, 1.54) is 6.42 Å². The first-order valence-corrected chi connectivity index (χ1v) is 9.50. The van der Waals surface area contributed by atoms with Crippen molar-refractivity contribution in [2.24, 2.45) is 0 Å². The van der Waals surface area contributed by atoms with Crippen molar-refractivity contribution >= 4 is 5.82 Å². The molecule has 0 amide bonds. The Balaban J connectivity index is 1.60. The summed E-state index contributed by atoms with van der Waals surface area (Å²) < 4.78 is 11.5. The highest BCUT2D eigenvalue weighted by Gasteiger charge is 2.22. The average Bonchev–Trinajstić information content (AvgIpc) is 2.68. The minimum absolute atomic E-state index is 0.493. The number of piperidine rings is 1. The third kappa shape index (κ3) is 5.11. The number of rotatable bonds is 7. The van der Waals surface area contributed by atoms with E-state index in [0.717, 1.165) is 36.4 Å². The molecule has 0 spiro atoms. The predicted molar refractivity (Wildman–Crippen MR) is 109 cm³/mol. The van der Waals surface area contributed by atoms with E-state index in [0.29, 0.717) is 30.3 Å². The first-order chi connectivity index (χ1) is 13.1. The Morgan fingerprint density at radius 3 is 2.81 bits per heavy atom. The van der Waals surface area contributed by atoms with Crippen LogP contribution in [0.1, 0.15) is 19.3 Å². The summed E-state index contributed by atoms with van der Waals surface area (Å²) in [6.07, 6.45) is 3.34. The Kier molecular flexibility index (Phi) is 6.53. The summed E-state index contributed by atoms with van der Waals surface area (Å²) in [5.41, 5.74) is 7.56. The van der Waals surface area contributed by atoms with Gasteiger partial charge in [-0.15, -0.1) is 0 Å². The number of nitrogens with one attached hydrogen (secondary N) is 1. The quantitative estimate of drug-likeness (QED) is 0.781. The summed E-state index contributed by atoms with van der Waals surface area (Å²) >= 11 is 0. The van der Waals surface area contributed by atoms with Crippen LogP contribution in [0, 0.1) is 0 Å². The fraction of sp³-hybridized carbons (Fsp3) is 0.476. The summed E-state index contributed by atoms with van der Waals surface area (Å²) in [6.45, 7) is 1.72. The van der Waals surface area contributed by atoms with E-state index in [1.807, 2.05) is 30.3 Å². The molecule has 146 valence electrons. The molecule has 1 aromatic carbocycles. The zero-order valence-corrected chi connectivity index (χ0v) is 16.4. The summed E-state index contributed by atoms with van der Waals surface area (Å²) in [7, 11) is 5.97. The van der Waals surface area contributed by atoms with Crippen molar-refractivity contribution in [3.8, 4) is 22.8 Å². The Morgan fingerprint density at radius 1 is 1.22 bits per heavy atom. The van der Waals surface area contributed by atoms with Crippen LogP contribution in [0.2, 0.25) is 0 Å². The second-order valence-corrected chi connectivity index (χ2v) is 7.24. The molecular weight excluding hydrogens is 340 g/mol. The molecule has 2 unspecified atom stereocenters. The first-order valence-electron chi connectivity index (χ1n) is 9.50. The summed E-state index contributed by atoms with van der Waals surface area (Å²) in [5.74, 6) is 1.97. The second kappa shape index (κ2) is 9.06. The van der Waals surface area contributed by atoms with Crippen LogP contribution < -0.4 is 20.5 Å². The van der Waals surface area contributed by atoms with Gasteiger partial charge < -0.3 is 25.4 Å². The van der Waals surface area contributed by atoms with Crippen LogP contribution in [0.15, 0.2) is 36.4 Å². The first kappa shape index (κ1) is 19.5. The molecule has 3 rings (SSSR count). The average molecular weight is 370 g/mol. The SMILES string of the molecule is COc1cc(-c2cccc(N)n2)ccc1OCCC1CC(N(C)C)CCN1. The number of methoxy groups -OCH3 is 1. The number of benzene rings is 1. The Hall–Kier alpha value is -2.31. The largest absolute Gasteiger partial charge is 0.493 e. The number of pyridine rings is 1. The minimum atomic E-state index is 0.493. The Morgan fingerprint density at radius 2 is 2.07 bits per heavy atom. The number of nitrogens with zero attached hydrogens (tertiary/aromatic N) is 2. The van der Waals surface area contributed by atoms with E-state index in [-0.39, 0.29) is 0 Å². The van der Waals surface area contributed by atoms with Gasteiger partial charge in [0.25, 0.3) is 0 Å². The van der Waals surface area contributed by atoms with Crippen molar-refractivity contribution in [2.45, 2.75) is 31.3 Å². The van der Waals surface area contributed by atoms with E-state index < -0.39 is 0 Å². The zero-order chi connectivity index (χ0) is 19.2. The number of hydrogen-bond acceptors (Lipinski definition) is 6. The molecule has 2 atom stereocenters. The van der Waals surface area contributed by atoms with Crippen molar-refractivity contribution < 1.29 is 9.47 Å². The number of aromatic nitrogens is 1. The monoisotopic (exact) mass is 370 g/mol. The molecule has 1 aliphatic rings. The summed E-state index contributed by atoms with van der Waals surface area (Å²) in [6, 6.07) is 12.6. The number of nitrogens with two attached hydrogens (primary N) is 1. The van der Waals surface area contributed by atoms with Crippen LogP contribution in [-0.2, 0) is 0 Å². The van der Waals surface area contributed by atoms with Gasteiger partial charge in [0.15, 0.2) is 11.5 Å². The topological polar surface area (TPSA) is 72.6 Å². The maximum absolute atomic E-state index is 6.02. The van der Waals surface area contributed by atoms with Gasteiger partial charge in [-0.1, -0.05) is 6.07 Å². The molecule has 3 N–H and O–H groups in total. The molecule has 27 heavy (non-hydrogen) atoms. The van der Waals surface area contributed by atoms with Crippen LogP contribution in [0.4, 0.5) is 5.82 Å². The zero-order valence-electron chi connectivity index (χ0n) is 16.4. The number of nitrogen functional groups attached to an aromatic ring is 1. The highest BCUT2D eigenvalue weighted by molar-refractivity contribution is 5.65. The molecule has 6 nitrogen and oxygen atoms in total. The highest BCUT2D eigenvalue weighted by atomic mass is 16.5. The molecule has 1 saturated heterocycles. The normalized spacial score (nSPS) is 19.9. The van der Waals surface area contributed by atoms with Gasteiger partial charge in [-0.25, -0.2) is 4.98 Å². The Bertz CT molecular complexity index is 751. The number of anilines is 1. The molecule has 0 bridgehead atoms. The smallest absolute Gasteiger partial charge is 0.161 e. The van der Waals surface area contributed by atoms with E-state index in [9.17, 15) is 0 Å². The predicted octanol–water partition coefficient (Wildman–Crippen LogP) is 2.79.